The van der Waals surface area contributed by atoms with Crippen LogP contribution in [0.25, 0.3) is 0 Å². The first kappa shape index (κ1) is 11.2. The number of nitrogens with two attached hydrogens (primary N) is 1. The molecule has 0 aromatic carbocycles. The van der Waals surface area contributed by atoms with E-state index in [2.05, 4.69) is 14.9 Å². The molecule has 1 fully saturated rings. The number of hydrogen-bond donors (Lipinski definition) is 2. The van der Waals surface area contributed by atoms with Gasteiger partial charge in [0.05, 0.1) is 0 Å². The Bertz CT molecular complexity index is 325. The largest absolute Gasteiger partial charge is 0.387 e. The predicted molar refractivity (Wildman–Crippen MR) is 56.6 cm³/mol. The van der Waals surface area contributed by atoms with Crippen molar-refractivity contribution >= 4 is 34.8 Å². The summed E-state index contributed by atoms with van der Waals surface area (Å²) in [4.78, 5) is 11.4. The van der Waals surface area contributed by atoms with Gasteiger partial charge < -0.3 is 11.1 Å². The Hall–Kier alpha value is -0.880. The van der Waals surface area contributed by atoms with Gasteiger partial charge in [0.1, 0.15) is 5.00 Å². The van der Waals surface area contributed by atoms with Gasteiger partial charge in [-0.05, 0) is 18.8 Å². The molecule has 0 bridgehead atoms. The second-order valence-electron chi connectivity index (χ2n) is 3.14. The molecule has 1 amide bonds. The van der Waals surface area contributed by atoms with Gasteiger partial charge in [-0.1, -0.05) is 4.49 Å². The second-order valence-corrected chi connectivity index (χ2v) is 3.92. The van der Waals surface area contributed by atoms with E-state index in [-0.39, 0.29) is 24.0 Å². The van der Waals surface area contributed by atoms with Crippen LogP contribution >= 0.6 is 23.9 Å². The summed E-state index contributed by atoms with van der Waals surface area (Å²) in [6.45, 7) is 0.732. The van der Waals surface area contributed by atoms with Crippen LogP contribution in [-0.4, -0.2) is 22.0 Å². The van der Waals surface area contributed by atoms with E-state index in [0.29, 0.717) is 10.9 Å². The molecule has 0 saturated heterocycles. The first-order chi connectivity index (χ1) is 6.27. The van der Waals surface area contributed by atoms with E-state index in [9.17, 15) is 4.79 Å². The zero-order valence-electron chi connectivity index (χ0n) is 7.40. The molecule has 1 aliphatic rings. The summed E-state index contributed by atoms with van der Waals surface area (Å²) >= 11 is 1.04. The Morgan fingerprint density at radius 2 is 2.36 bits per heavy atom. The minimum Gasteiger partial charge on any atom is -0.387 e. The lowest BCUT2D eigenvalue weighted by atomic mass is 10.4. The number of hydrogen-bond acceptors (Lipinski definition) is 5. The van der Waals surface area contributed by atoms with Gasteiger partial charge in [0.15, 0.2) is 5.69 Å². The monoisotopic (exact) mass is 234 g/mol. The van der Waals surface area contributed by atoms with E-state index in [1.54, 1.807) is 0 Å². The molecule has 1 aromatic rings. The smallest absolute Gasteiger partial charge is 0.274 e. The van der Waals surface area contributed by atoms with Crippen molar-refractivity contribution in [1.82, 2.24) is 14.9 Å². The van der Waals surface area contributed by atoms with Crippen LogP contribution in [0, 0.1) is 5.92 Å². The third-order valence-electron chi connectivity index (χ3n) is 1.98. The predicted octanol–water partition coefficient (Wildman–Crippen LogP) is 0.682. The number of carbonyl (C=O) groups is 1. The topological polar surface area (TPSA) is 80.9 Å². The molecule has 14 heavy (non-hydrogen) atoms. The molecular weight excluding hydrogens is 224 g/mol. The molecule has 0 unspecified atom stereocenters. The molecule has 78 valence electrons. The third-order valence-corrected chi connectivity index (χ3v) is 2.53. The van der Waals surface area contributed by atoms with Gasteiger partial charge in [-0.2, -0.15) is 0 Å². The van der Waals surface area contributed by atoms with Crippen molar-refractivity contribution in [3.05, 3.63) is 5.69 Å². The zero-order chi connectivity index (χ0) is 9.26. The molecule has 1 heterocycles. The summed E-state index contributed by atoms with van der Waals surface area (Å²) in [6.07, 6.45) is 2.43. The highest BCUT2D eigenvalue weighted by atomic mass is 35.5. The van der Waals surface area contributed by atoms with Crippen LogP contribution in [0.15, 0.2) is 0 Å². The number of carbonyl (C=O) groups excluding carboxylic acids is 1. The quantitative estimate of drug-likeness (QED) is 0.806. The van der Waals surface area contributed by atoms with E-state index in [4.69, 9.17) is 5.73 Å². The van der Waals surface area contributed by atoms with Crippen molar-refractivity contribution in [2.45, 2.75) is 12.8 Å². The van der Waals surface area contributed by atoms with E-state index in [0.717, 1.165) is 18.1 Å². The van der Waals surface area contributed by atoms with Crippen LogP contribution in [0.4, 0.5) is 5.00 Å². The maximum Gasteiger partial charge on any atom is 0.274 e. The maximum absolute atomic E-state index is 11.4. The number of nitrogens with one attached hydrogen (secondary N) is 1. The molecule has 1 saturated carbocycles. The standard InChI is InChI=1S/C7H10N4OS.ClH/c8-6-5(10-11-13-6)7(12)9-3-4-1-2-4;/h4H,1-3,8H2,(H,9,12);1H. The fourth-order valence-corrected chi connectivity index (χ4v) is 1.43. The Balaban J connectivity index is 0.000000980. The summed E-state index contributed by atoms with van der Waals surface area (Å²) in [6, 6.07) is 0. The van der Waals surface area contributed by atoms with Crippen LogP contribution in [0.3, 0.4) is 0 Å². The van der Waals surface area contributed by atoms with Gasteiger partial charge in [-0.25, -0.2) is 0 Å². The van der Waals surface area contributed by atoms with Crippen molar-refractivity contribution in [2.75, 3.05) is 12.3 Å². The van der Waals surface area contributed by atoms with E-state index in [1.807, 2.05) is 0 Å². The lowest BCUT2D eigenvalue weighted by Crippen LogP contribution is -2.26. The first-order valence-electron chi connectivity index (χ1n) is 4.13. The first-order valence-corrected chi connectivity index (χ1v) is 4.90. The number of nitrogens with zero attached hydrogens (tertiary/aromatic N) is 2. The van der Waals surface area contributed by atoms with E-state index < -0.39 is 0 Å². The number of amides is 1. The van der Waals surface area contributed by atoms with Crippen molar-refractivity contribution in [2.24, 2.45) is 5.92 Å². The van der Waals surface area contributed by atoms with Crippen molar-refractivity contribution in [3.63, 3.8) is 0 Å². The van der Waals surface area contributed by atoms with Crippen LogP contribution in [0.5, 0.6) is 0 Å². The highest BCUT2D eigenvalue weighted by Crippen LogP contribution is 2.27. The fraction of sp³-hybridized carbons (Fsp3) is 0.571. The molecule has 1 aromatic heterocycles. The van der Waals surface area contributed by atoms with Crippen molar-refractivity contribution in [1.29, 1.82) is 0 Å². The summed E-state index contributed by atoms with van der Waals surface area (Å²) in [7, 11) is 0. The third kappa shape index (κ3) is 2.55. The van der Waals surface area contributed by atoms with Gasteiger partial charge in [0, 0.05) is 18.1 Å². The highest BCUT2D eigenvalue weighted by molar-refractivity contribution is 7.10. The number of anilines is 1. The lowest BCUT2D eigenvalue weighted by molar-refractivity contribution is 0.0947. The van der Waals surface area contributed by atoms with Crippen LogP contribution in [-0.2, 0) is 0 Å². The molecule has 0 radical (unpaired) electrons. The number of rotatable bonds is 3. The summed E-state index contributed by atoms with van der Waals surface area (Å²) in [5, 5.41) is 6.80. The lowest BCUT2D eigenvalue weighted by Gasteiger charge is -2.00. The molecule has 5 nitrogen and oxygen atoms in total. The molecule has 3 N–H and O–H groups in total. The number of halogens is 1. The molecule has 2 rings (SSSR count). The van der Waals surface area contributed by atoms with Crippen LogP contribution in [0.1, 0.15) is 23.3 Å². The van der Waals surface area contributed by atoms with E-state index in [1.165, 1.54) is 12.8 Å². The Labute approximate surface area is 91.6 Å². The Morgan fingerprint density at radius 1 is 1.64 bits per heavy atom. The van der Waals surface area contributed by atoms with Gasteiger partial charge in [-0.15, -0.1) is 17.5 Å². The summed E-state index contributed by atoms with van der Waals surface area (Å²) in [5.41, 5.74) is 5.75. The minimum atomic E-state index is -0.210. The normalized spacial score (nSPS) is 14.6. The summed E-state index contributed by atoms with van der Waals surface area (Å²) < 4.78 is 3.59. The van der Waals surface area contributed by atoms with Gasteiger partial charge in [0.25, 0.3) is 5.91 Å². The molecule has 0 aliphatic heterocycles. The highest BCUT2D eigenvalue weighted by Gasteiger charge is 2.23. The fourth-order valence-electron chi connectivity index (χ4n) is 0.998. The zero-order valence-corrected chi connectivity index (χ0v) is 9.03. The molecule has 0 spiro atoms. The SMILES string of the molecule is Cl.Nc1snnc1C(=O)NCC1CC1. The molecule has 1 aliphatic carbocycles. The van der Waals surface area contributed by atoms with Crippen molar-refractivity contribution < 1.29 is 4.79 Å². The van der Waals surface area contributed by atoms with Gasteiger partial charge in [0.2, 0.25) is 0 Å². The maximum atomic E-state index is 11.4. The molecule has 7 heteroatoms. The Kier molecular flexibility index (Phi) is 3.65. The van der Waals surface area contributed by atoms with Gasteiger partial charge >= 0.3 is 0 Å². The van der Waals surface area contributed by atoms with Gasteiger partial charge in [-0.3, -0.25) is 4.79 Å². The minimum absolute atomic E-state index is 0. The molecule has 0 atom stereocenters. The number of nitrogen functional groups attached to an aromatic ring is 1. The summed E-state index contributed by atoms with van der Waals surface area (Å²) in [5.74, 6) is 0.454. The number of aromatic nitrogens is 2. The van der Waals surface area contributed by atoms with Crippen molar-refractivity contribution in [3.8, 4) is 0 Å². The van der Waals surface area contributed by atoms with Crippen LogP contribution in [0.2, 0.25) is 0 Å². The Morgan fingerprint density at radius 3 is 2.86 bits per heavy atom. The average Bonchev–Trinajstić information content (AvgIpc) is 2.84. The second kappa shape index (κ2) is 4.56. The van der Waals surface area contributed by atoms with E-state index >= 15 is 0 Å². The molecular formula is C7H11ClN4OS. The average molecular weight is 235 g/mol. The van der Waals surface area contributed by atoms with Crippen LogP contribution < -0.4 is 11.1 Å².